The van der Waals surface area contributed by atoms with Crippen molar-refractivity contribution in [3.8, 4) is 0 Å². The first-order valence-corrected chi connectivity index (χ1v) is 10.9. The Balaban J connectivity index is 1.78. The van der Waals surface area contributed by atoms with E-state index in [-0.39, 0.29) is 17.1 Å². The van der Waals surface area contributed by atoms with Crippen LogP contribution in [0, 0.1) is 0 Å². The van der Waals surface area contributed by atoms with Gasteiger partial charge in [0.2, 0.25) is 5.76 Å². The first-order chi connectivity index (χ1) is 15.0. The summed E-state index contributed by atoms with van der Waals surface area (Å²) < 4.78 is 6.75. The van der Waals surface area contributed by atoms with Gasteiger partial charge in [0, 0.05) is 10.7 Å². The topological polar surface area (TPSA) is 63.4 Å². The van der Waals surface area contributed by atoms with E-state index in [1.54, 1.807) is 41.4 Å². The Morgan fingerprint density at radius 3 is 2.48 bits per heavy atom. The third kappa shape index (κ3) is 3.18. The molecule has 0 saturated heterocycles. The van der Waals surface area contributed by atoms with Crippen molar-refractivity contribution in [1.29, 1.82) is 0 Å². The molecule has 0 aliphatic carbocycles. The molecule has 0 unspecified atom stereocenters. The molecular weight excluding hydrogens is 456 g/mol. The van der Waals surface area contributed by atoms with Gasteiger partial charge in [-0.05, 0) is 47.4 Å². The molecule has 0 N–H and O–H groups in total. The standard InChI is InChI=1S/C25H19BrN2O3/c1-14(2)15-6-8-16(9-7-15)22-21-23(29)18-13-17(26)10-11-19(18)31-24(21)25(30)28(22)20-5-3-4-12-27-20/h3-14,22H,1-2H3/t22-/m0/s1. The SMILES string of the molecule is CC(C)c1ccc([C@H]2c3c(oc4ccc(Br)cc4c3=O)C(=O)N2c2ccccn2)cc1. The van der Waals surface area contributed by atoms with Crippen LogP contribution < -0.4 is 10.3 Å². The molecule has 1 amide bonds. The van der Waals surface area contributed by atoms with Gasteiger partial charge in [0.15, 0.2) is 5.43 Å². The van der Waals surface area contributed by atoms with Gasteiger partial charge in [0.25, 0.3) is 5.91 Å². The van der Waals surface area contributed by atoms with Crippen LogP contribution in [-0.4, -0.2) is 10.9 Å². The molecule has 5 nitrogen and oxygen atoms in total. The van der Waals surface area contributed by atoms with Crippen LogP contribution in [0.15, 0.2) is 80.5 Å². The van der Waals surface area contributed by atoms with E-state index in [1.807, 2.05) is 30.3 Å². The number of carbonyl (C=O) groups excluding carboxylic acids is 1. The van der Waals surface area contributed by atoms with Crippen LogP contribution in [0.2, 0.25) is 0 Å². The lowest BCUT2D eigenvalue weighted by Crippen LogP contribution is -2.30. The molecule has 0 bridgehead atoms. The number of amides is 1. The van der Waals surface area contributed by atoms with E-state index in [2.05, 4.69) is 34.8 Å². The molecule has 0 saturated carbocycles. The first-order valence-electron chi connectivity index (χ1n) is 10.1. The smallest absolute Gasteiger partial charge is 0.296 e. The normalized spacial score (nSPS) is 15.7. The van der Waals surface area contributed by atoms with Gasteiger partial charge in [-0.25, -0.2) is 4.98 Å². The number of hydrogen-bond donors (Lipinski definition) is 0. The minimum Gasteiger partial charge on any atom is -0.450 e. The maximum absolute atomic E-state index is 13.6. The lowest BCUT2D eigenvalue weighted by molar-refractivity contribution is 0.0970. The summed E-state index contributed by atoms with van der Waals surface area (Å²) in [7, 11) is 0. The van der Waals surface area contributed by atoms with Crippen LogP contribution in [-0.2, 0) is 0 Å². The zero-order valence-electron chi connectivity index (χ0n) is 17.0. The van der Waals surface area contributed by atoms with Crippen LogP contribution in [0.3, 0.4) is 0 Å². The van der Waals surface area contributed by atoms with Gasteiger partial charge in [-0.3, -0.25) is 14.5 Å². The molecule has 0 fully saturated rings. The van der Waals surface area contributed by atoms with E-state index in [1.165, 1.54) is 5.56 Å². The summed E-state index contributed by atoms with van der Waals surface area (Å²) in [6.45, 7) is 4.25. The number of rotatable bonds is 3. The summed E-state index contributed by atoms with van der Waals surface area (Å²) in [6, 6.07) is 18.0. The average molecular weight is 475 g/mol. The van der Waals surface area contributed by atoms with Crippen molar-refractivity contribution in [3.63, 3.8) is 0 Å². The summed E-state index contributed by atoms with van der Waals surface area (Å²) >= 11 is 3.42. The summed E-state index contributed by atoms with van der Waals surface area (Å²) in [5.74, 6) is 0.559. The zero-order chi connectivity index (χ0) is 21.7. The molecule has 6 heteroatoms. The minimum atomic E-state index is -0.613. The summed E-state index contributed by atoms with van der Waals surface area (Å²) in [5, 5.41) is 0.438. The van der Waals surface area contributed by atoms with Crippen LogP contribution in [0.4, 0.5) is 5.82 Å². The van der Waals surface area contributed by atoms with Gasteiger partial charge in [-0.1, -0.05) is 60.1 Å². The highest BCUT2D eigenvalue weighted by Gasteiger charge is 2.44. The fourth-order valence-corrected chi connectivity index (χ4v) is 4.42. The van der Waals surface area contributed by atoms with Gasteiger partial charge >= 0.3 is 0 Å². The Bertz CT molecular complexity index is 1360. The number of fused-ring (bicyclic) bond motifs is 2. The van der Waals surface area contributed by atoms with Gasteiger partial charge in [-0.15, -0.1) is 0 Å². The van der Waals surface area contributed by atoms with Crippen LogP contribution >= 0.6 is 15.9 Å². The van der Waals surface area contributed by atoms with Crippen molar-refractivity contribution in [2.45, 2.75) is 25.8 Å². The van der Waals surface area contributed by atoms with Crippen molar-refractivity contribution in [1.82, 2.24) is 4.98 Å². The first kappa shape index (κ1) is 19.7. The molecule has 31 heavy (non-hydrogen) atoms. The van der Waals surface area contributed by atoms with Crippen molar-refractivity contribution in [2.24, 2.45) is 0 Å². The van der Waals surface area contributed by atoms with Gasteiger partial charge in [-0.2, -0.15) is 0 Å². The molecule has 4 aromatic rings. The molecule has 2 aromatic carbocycles. The van der Waals surface area contributed by atoms with E-state index in [0.717, 1.165) is 10.0 Å². The van der Waals surface area contributed by atoms with Gasteiger partial charge < -0.3 is 4.42 Å². The Labute approximate surface area is 187 Å². The largest absolute Gasteiger partial charge is 0.450 e. The highest BCUT2D eigenvalue weighted by molar-refractivity contribution is 9.10. The third-order valence-electron chi connectivity index (χ3n) is 5.65. The fraction of sp³-hybridized carbons (Fsp3) is 0.160. The minimum absolute atomic E-state index is 0.0726. The lowest BCUT2D eigenvalue weighted by Gasteiger charge is -2.24. The lowest BCUT2D eigenvalue weighted by atomic mass is 9.95. The van der Waals surface area contributed by atoms with E-state index in [0.29, 0.717) is 28.3 Å². The number of anilines is 1. The molecule has 0 radical (unpaired) electrons. The third-order valence-corrected chi connectivity index (χ3v) is 6.14. The zero-order valence-corrected chi connectivity index (χ0v) is 18.6. The number of aromatic nitrogens is 1. The maximum Gasteiger partial charge on any atom is 0.296 e. The second-order valence-electron chi connectivity index (χ2n) is 7.90. The van der Waals surface area contributed by atoms with Gasteiger partial charge in [0.1, 0.15) is 11.4 Å². The molecule has 1 aliphatic heterocycles. The molecular formula is C25H19BrN2O3. The summed E-state index contributed by atoms with van der Waals surface area (Å²) in [4.78, 5) is 33.0. The molecule has 1 aliphatic rings. The Kier molecular flexibility index (Phi) is 4.74. The van der Waals surface area contributed by atoms with Crippen molar-refractivity contribution >= 4 is 38.6 Å². The van der Waals surface area contributed by atoms with Gasteiger partial charge in [0.05, 0.1) is 17.0 Å². The van der Waals surface area contributed by atoms with E-state index in [9.17, 15) is 9.59 Å². The molecule has 5 rings (SSSR count). The Morgan fingerprint density at radius 2 is 1.81 bits per heavy atom. The highest BCUT2D eigenvalue weighted by Crippen LogP contribution is 2.40. The van der Waals surface area contributed by atoms with E-state index < -0.39 is 6.04 Å². The van der Waals surface area contributed by atoms with Crippen molar-refractivity contribution in [2.75, 3.05) is 4.90 Å². The predicted octanol–water partition coefficient (Wildman–Crippen LogP) is 5.82. The monoisotopic (exact) mass is 474 g/mol. The quantitative estimate of drug-likeness (QED) is 0.375. The number of benzene rings is 2. The Morgan fingerprint density at radius 1 is 1.03 bits per heavy atom. The summed E-state index contributed by atoms with van der Waals surface area (Å²) in [6.07, 6.45) is 1.63. The number of carbonyl (C=O) groups is 1. The fourth-order valence-electron chi connectivity index (χ4n) is 4.06. The molecule has 1 atom stereocenters. The van der Waals surface area contributed by atoms with Crippen LogP contribution in [0.25, 0.3) is 11.0 Å². The molecule has 154 valence electrons. The molecule has 3 heterocycles. The predicted molar refractivity (Wildman–Crippen MR) is 124 cm³/mol. The van der Waals surface area contributed by atoms with Crippen LogP contribution in [0.5, 0.6) is 0 Å². The number of hydrogen-bond acceptors (Lipinski definition) is 4. The number of halogens is 1. The number of nitrogens with zero attached hydrogens (tertiary/aromatic N) is 2. The molecule has 0 spiro atoms. The van der Waals surface area contributed by atoms with E-state index in [4.69, 9.17) is 4.42 Å². The average Bonchev–Trinajstić information content (AvgIpc) is 3.07. The van der Waals surface area contributed by atoms with Crippen molar-refractivity contribution < 1.29 is 9.21 Å². The summed E-state index contributed by atoms with van der Waals surface area (Å²) in [5.41, 5.74) is 2.55. The second-order valence-corrected chi connectivity index (χ2v) is 8.82. The second kappa shape index (κ2) is 7.46. The highest BCUT2D eigenvalue weighted by atomic mass is 79.9. The number of pyridine rings is 1. The Hall–Kier alpha value is -3.25. The maximum atomic E-state index is 13.6. The van der Waals surface area contributed by atoms with Crippen LogP contribution in [0.1, 0.15) is 53.1 Å². The molecule has 2 aromatic heterocycles. The van der Waals surface area contributed by atoms with Crippen molar-refractivity contribution in [3.05, 3.63) is 104 Å². The van der Waals surface area contributed by atoms with E-state index >= 15 is 0 Å².